The van der Waals surface area contributed by atoms with Crippen molar-refractivity contribution < 1.29 is 13.9 Å². The zero-order valence-corrected chi connectivity index (χ0v) is 12.1. The van der Waals surface area contributed by atoms with Gasteiger partial charge in [0, 0.05) is 32.7 Å². The maximum atomic E-state index is 13.4. The lowest BCUT2D eigenvalue weighted by molar-refractivity contribution is 0.0682. The number of carbonyl (C=O) groups is 1. The van der Waals surface area contributed by atoms with Gasteiger partial charge >= 0.3 is 0 Å². The number of rotatable bonds is 2. The molecule has 3 aliphatic rings. The molecule has 2 heterocycles. The Morgan fingerprint density at radius 2 is 2.14 bits per heavy atom. The molecule has 2 aliphatic heterocycles. The largest absolute Gasteiger partial charge is 0.486 e. The lowest BCUT2D eigenvalue weighted by atomic mass is 10.1. The first-order chi connectivity index (χ1) is 10.1. The quantitative estimate of drug-likeness (QED) is 0.832. The van der Waals surface area contributed by atoms with Crippen molar-refractivity contribution in [2.75, 3.05) is 26.7 Å². The number of fused-ring (bicyclic) bond motifs is 2. The molecule has 4 rings (SSSR count). The molecule has 1 saturated heterocycles. The van der Waals surface area contributed by atoms with Crippen LogP contribution in [-0.4, -0.2) is 54.5 Å². The van der Waals surface area contributed by atoms with Gasteiger partial charge in [0.2, 0.25) is 0 Å². The molecule has 5 heteroatoms. The molecule has 0 N–H and O–H groups in total. The second-order valence-corrected chi connectivity index (χ2v) is 6.44. The summed E-state index contributed by atoms with van der Waals surface area (Å²) in [4.78, 5) is 16.7. The summed E-state index contributed by atoms with van der Waals surface area (Å²) in [5.74, 6) is 0.756. The molecule has 21 heavy (non-hydrogen) atoms. The Morgan fingerprint density at radius 3 is 2.90 bits per heavy atom. The maximum absolute atomic E-state index is 13.4. The van der Waals surface area contributed by atoms with Crippen molar-refractivity contribution >= 4 is 5.91 Å². The highest BCUT2D eigenvalue weighted by molar-refractivity contribution is 5.97. The number of hydrogen-bond acceptors (Lipinski definition) is 3. The van der Waals surface area contributed by atoms with Gasteiger partial charge in [-0.2, -0.15) is 0 Å². The molecule has 4 nitrogen and oxygen atoms in total. The minimum absolute atomic E-state index is 0.0479. The summed E-state index contributed by atoms with van der Waals surface area (Å²) in [6.45, 7) is 2.75. The number of carbonyl (C=O) groups excluding carboxylic acids is 1. The third-order valence-corrected chi connectivity index (χ3v) is 4.80. The molecule has 1 amide bonds. The van der Waals surface area contributed by atoms with Gasteiger partial charge in [0.05, 0.1) is 11.6 Å². The molecule has 1 saturated carbocycles. The van der Waals surface area contributed by atoms with Crippen LogP contribution in [0.25, 0.3) is 0 Å². The zero-order valence-electron chi connectivity index (χ0n) is 12.1. The third kappa shape index (κ3) is 2.29. The number of hydrogen-bond donors (Lipinski definition) is 0. The summed E-state index contributed by atoms with van der Waals surface area (Å²) in [5, 5.41) is 0. The van der Waals surface area contributed by atoms with Gasteiger partial charge in [0.1, 0.15) is 17.7 Å². The van der Waals surface area contributed by atoms with E-state index in [0.717, 1.165) is 25.6 Å². The number of benzene rings is 1. The van der Waals surface area contributed by atoms with Crippen molar-refractivity contribution in [1.29, 1.82) is 0 Å². The molecule has 1 aliphatic carbocycles. The average Bonchev–Trinajstić information content (AvgIpc) is 3.18. The SMILES string of the molecule is CN1C(=O)c2ccc(F)cc2OC2CN(CC3CC3)CC21. The van der Waals surface area contributed by atoms with E-state index in [1.807, 2.05) is 7.05 Å². The molecule has 112 valence electrons. The molecule has 2 fully saturated rings. The molecule has 0 bridgehead atoms. The second-order valence-electron chi connectivity index (χ2n) is 6.44. The lowest BCUT2D eigenvalue weighted by Crippen LogP contribution is -2.44. The van der Waals surface area contributed by atoms with Gasteiger partial charge in [-0.1, -0.05) is 0 Å². The second kappa shape index (κ2) is 4.70. The molecule has 0 radical (unpaired) electrons. The van der Waals surface area contributed by atoms with Gasteiger partial charge in [-0.15, -0.1) is 0 Å². The van der Waals surface area contributed by atoms with Crippen molar-refractivity contribution in [3.63, 3.8) is 0 Å². The van der Waals surface area contributed by atoms with Crippen LogP contribution in [-0.2, 0) is 0 Å². The third-order valence-electron chi connectivity index (χ3n) is 4.80. The number of likely N-dealkylation sites (tertiary alicyclic amines) is 1. The Morgan fingerprint density at radius 1 is 1.33 bits per heavy atom. The average molecular weight is 290 g/mol. The van der Waals surface area contributed by atoms with Crippen molar-refractivity contribution in [1.82, 2.24) is 9.80 Å². The molecule has 1 aromatic rings. The van der Waals surface area contributed by atoms with Crippen molar-refractivity contribution in [3.05, 3.63) is 29.6 Å². The predicted molar refractivity (Wildman–Crippen MR) is 75.9 cm³/mol. The van der Waals surface area contributed by atoms with E-state index >= 15 is 0 Å². The molecular weight excluding hydrogens is 271 g/mol. The Kier molecular flexibility index (Phi) is 2.92. The van der Waals surface area contributed by atoms with E-state index in [4.69, 9.17) is 4.74 Å². The number of ether oxygens (including phenoxy) is 1. The van der Waals surface area contributed by atoms with E-state index in [1.165, 1.54) is 31.0 Å². The van der Waals surface area contributed by atoms with E-state index in [2.05, 4.69) is 4.90 Å². The van der Waals surface area contributed by atoms with Crippen LogP contribution in [0.2, 0.25) is 0 Å². The van der Waals surface area contributed by atoms with E-state index in [1.54, 1.807) is 4.90 Å². The van der Waals surface area contributed by atoms with E-state index in [0.29, 0.717) is 11.3 Å². The van der Waals surface area contributed by atoms with E-state index < -0.39 is 0 Å². The Bertz CT molecular complexity index is 588. The van der Waals surface area contributed by atoms with Crippen LogP contribution >= 0.6 is 0 Å². The number of amides is 1. The number of likely N-dealkylation sites (N-methyl/N-ethyl adjacent to an activating group) is 1. The van der Waals surface area contributed by atoms with Crippen LogP contribution in [0.4, 0.5) is 4.39 Å². The van der Waals surface area contributed by atoms with Gasteiger partial charge in [0.25, 0.3) is 5.91 Å². The summed E-state index contributed by atoms with van der Waals surface area (Å²) in [5.41, 5.74) is 0.460. The highest BCUT2D eigenvalue weighted by atomic mass is 19.1. The molecule has 2 unspecified atom stereocenters. The fourth-order valence-corrected chi connectivity index (χ4v) is 3.41. The lowest BCUT2D eigenvalue weighted by Gasteiger charge is -2.25. The maximum Gasteiger partial charge on any atom is 0.257 e. The Hall–Kier alpha value is -1.62. The van der Waals surface area contributed by atoms with Crippen LogP contribution in [0, 0.1) is 11.7 Å². The highest BCUT2D eigenvalue weighted by Crippen LogP contribution is 2.34. The minimum atomic E-state index is -0.365. The van der Waals surface area contributed by atoms with Crippen molar-refractivity contribution in [2.24, 2.45) is 5.92 Å². The summed E-state index contributed by atoms with van der Waals surface area (Å²) in [7, 11) is 1.82. The normalized spacial score (nSPS) is 28.9. The summed E-state index contributed by atoms with van der Waals surface area (Å²) >= 11 is 0. The predicted octanol–water partition coefficient (Wildman–Crippen LogP) is 1.75. The summed E-state index contributed by atoms with van der Waals surface area (Å²) in [6, 6.07) is 4.21. The standard InChI is InChI=1S/C16H19FN2O2/c1-18-13-8-19(7-10-2-3-10)9-15(13)21-14-6-11(17)4-5-12(14)16(18)20/h4-6,10,13,15H,2-3,7-9H2,1H3. The minimum Gasteiger partial charge on any atom is -0.486 e. The van der Waals surface area contributed by atoms with Crippen molar-refractivity contribution in [3.8, 4) is 5.75 Å². The van der Waals surface area contributed by atoms with Gasteiger partial charge in [0.15, 0.2) is 0 Å². The van der Waals surface area contributed by atoms with Crippen LogP contribution in [0.15, 0.2) is 18.2 Å². The van der Waals surface area contributed by atoms with Crippen LogP contribution < -0.4 is 4.74 Å². The topological polar surface area (TPSA) is 32.8 Å². The molecular formula is C16H19FN2O2. The van der Waals surface area contributed by atoms with Gasteiger partial charge in [-0.3, -0.25) is 9.69 Å². The Balaban J connectivity index is 1.62. The zero-order chi connectivity index (χ0) is 14.6. The summed E-state index contributed by atoms with van der Waals surface area (Å²) in [6.07, 6.45) is 2.56. The molecule has 2 atom stereocenters. The van der Waals surface area contributed by atoms with E-state index in [9.17, 15) is 9.18 Å². The first-order valence-electron chi connectivity index (χ1n) is 7.57. The first kappa shape index (κ1) is 13.1. The van der Waals surface area contributed by atoms with E-state index in [-0.39, 0.29) is 23.9 Å². The Labute approximate surface area is 123 Å². The van der Waals surface area contributed by atoms with Crippen molar-refractivity contribution in [2.45, 2.75) is 25.0 Å². The highest BCUT2D eigenvalue weighted by Gasteiger charge is 2.43. The first-order valence-corrected chi connectivity index (χ1v) is 7.57. The monoisotopic (exact) mass is 290 g/mol. The van der Waals surface area contributed by atoms with Crippen LogP contribution in [0.1, 0.15) is 23.2 Å². The van der Waals surface area contributed by atoms with Crippen LogP contribution in [0.5, 0.6) is 5.75 Å². The number of nitrogens with zero attached hydrogens (tertiary/aromatic N) is 2. The van der Waals surface area contributed by atoms with Gasteiger partial charge in [-0.25, -0.2) is 4.39 Å². The molecule has 0 spiro atoms. The smallest absolute Gasteiger partial charge is 0.257 e. The van der Waals surface area contributed by atoms with Crippen LogP contribution in [0.3, 0.4) is 0 Å². The fourth-order valence-electron chi connectivity index (χ4n) is 3.41. The van der Waals surface area contributed by atoms with Gasteiger partial charge < -0.3 is 9.64 Å². The van der Waals surface area contributed by atoms with Gasteiger partial charge in [-0.05, 0) is 30.9 Å². The number of halogens is 1. The molecule has 1 aromatic carbocycles. The fraction of sp³-hybridized carbons (Fsp3) is 0.562. The summed E-state index contributed by atoms with van der Waals surface area (Å²) < 4.78 is 19.4. The molecule has 0 aromatic heterocycles.